The summed E-state index contributed by atoms with van der Waals surface area (Å²) in [6.07, 6.45) is 5.16. The van der Waals surface area contributed by atoms with Crippen LogP contribution in [0.4, 0.5) is 0 Å². The van der Waals surface area contributed by atoms with Crippen LogP contribution < -0.4 is 0 Å². The summed E-state index contributed by atoms with van der Waals surface area (Å²) in [6, 6.07) is 0. The van der Waals surface area contributed by atoms with Gasteiger partial charge in [0.2, 0.25) is 5.82 Å². The Morgan fingerprint density at radius 1 is 1.56 bits per heavy atom. The molecule has 1 aliphatic carbocycles. The van der Waals surface area contributed by atoms with Crippen molar-refractivity contribution in [1.29, 1.82) is 0 Å². The number of ether oxygens (including phenoxy) is 1. The predicted molar refractivity (Wildman–Crippen MR) is 56.0 cm³/mol. The summed E-state index contributed by atoms with van der Waals surface area (Å²) in [5.41, 5.74) is 0.935. The van der Waals surface area contributed by atoms with Crippen molar-refractivity contribution in [3.63, 3.8) is 0 Å². The Bertz CT molecular complexity index is 480. The quantitative estimate of drug-likeness (QED) is 0.699. The maximum atomic E-state index is 11.4. The monoisotopic (exact) mass is 218 g/mol. The number of carbonyl (C=O) groups excluding carboxylic acids is 2. The molecule has 0 radical (unpaired) electrons. The zero-order valence-electron chi connectivity index (χ0n) is 8.77. The van der Waals surface area contributed by atoms with Crippen LogP contribution in [0.25, 0.3) is 6.08 Å². The summed E-state index contributed by atoms with van der Waals surface area (Å²) in [6.45, 7) is 1.98. The van der Waals surface area contributed by atoms with Crippen molar-refractivity contribution >= 4 is 17.8 Å². The molecule has 0 spiro atoms. The van der Waals surface area contributed by atoms with E-state index in [9.17, 15) is 9.59 Å². The Morgan fingerprint density at radius 3 is 3.12 bits per heavy atom. The number of carbonyl (C=O) groups is 2. The van der Waals surface area contributed by atoms with Crippen molar-refractivity contribution in [3.05, 3.63) is 29.4 Å². The van der Waals surface area contributed by atoms with E-state index in [0.29, 0.717) is 17.7 Å². The highest BCUT2D eigenvalue weighted by Crippen LogP contribution is 2.16. The van der Waals surface area contributed by atoms with E-state index in [1.54, 1.807) is 19.1 Å². The van der Waals surface area contributed by atoms with Crippen LogP contribution in [0.1, 0.15) is 40.0 Å². The Balaban J connectivity index is 2.37. The second-order valence-corrected chi connectivity index (χ2v) is 3.24. The van der Waals surface area contributed by atoms with Gasteiger partial charge in [-0.05, 0) is 13.0 Å². The zero-order chi connectivity index (χ0) is 11.5. The molecule has 1 heterocycles. The number of hydrogen-bond acceptors (Lipinski definition) is 5. The zero-order valence-corrected chi connectivity index (χ0v) is 8.77. The Morgan fingerprint density at radius 2 is 2.38 bits per heavy atom. The van der Waals surface area contributed by atoms with Crippen LogP contribution >= 0.6 is 0 Å². The van der Waals surface area contributed by atoms with Crippen molar-refractivity contribution in [1.82, 2.24) is 9.97 Å². The molecule has 0 fully saturated rings. The first-order chi connectivity index (χ1) is 7.72. The van der Waals surface area contributed by atoms with E-state index in [4.69, 9.17) is 4.74 Å². The average Bonchev–Trinajstić information content (AvgIpc) is 2.29. The molecule has 0 N–H and O–H groups in total. The molecule has 1 aliphatic rings. The van der Waals surface area contributed by atoms with Crippen molar-refractivity contribution < 1.29 is 14.3 Å². The van der Waals surface area contributed by atoms with Crippen LogP contribution in [0.2, 0.25) is 0 Å². The molecule has 82 valence electrons. The summed E-state index contributed by atoms with van der Waals surface area (Å²) < 4.78 is 4.77. The van der Waals surface area contributed by atoms with Crippen LogP contribution in [0.15, 0.2) is 12.3 Å². The minimum Gasteiger partial charge on any atom is -0.460 e. The third kappa shape index (κ3) is 1.84. The first-order valence-corrected chi connectivity index (χ1v) is 4.96. The molecule has 1 aromatic heterocycles. The lowest BCUT2D eigenvalue weighted by molar-refractivity contribution is 0.0511. The number of allylic oxidation sites excluding steroid dienone is 1. The number of hydrogen-bond donors (Lipinski definition) is 0. The number of rotatable bonds is 2. The number of aromatic nitrogens is 2. The van der Waals surface area contributed by atoms with Gasteiger partial charge in [0.15, 0.2) is 5.78 Å². The first-order valence-electron chi connectivity index (χ1n) is 4.96. The molecular weight excluding hydrogens is 208 g/mol. The van der Waals surface area contributed by atoms with E-state index in [0.717, 1.165) is 0 Å². The van der Waals surface area contributed by atoms with Crippen molar-refractivity contribution in [3.8, 4) is 0 Å². The van der Waals surface area contributed by atoms with Gasteiger partial charge >= 0.3 is 5.97 Å². The minimum atomic E-state index is -0.572. The molecule has 0 bridgehead atoms. The molecule has 2 rings (SSSR count). The SMILES string of the molecule is CCOC(=O)c1ncc2c(n1)C=CCC2=O. The number of fused-ring (bicyclic) bond motifs is 1. The third-order valence-electron chi connectivity index (χ3n) is 2.16. The molecule has 0 amide bonds. The molecule has 0 aromatic carbocycles. The summed E-state index contributed by atoms with van der Waals surface area (Å²) in [5.74, 6) is -0.621. The third-order valence-corrected chi connectivity index (χ3v) is 2.16. The molecule has 5 heteroatoms. The minimum absolute atomic E-state index is 0.0139. The van der Waals surface area contributed by atoms with Gasteiger partial charge in [-0.2, -0.15) is 0 Å². The first kappa shape index (κ1) is 10.5. The number of nitrogens with zero attached hydrogens (tertiary/aromatic N) is 2. The van der Waals surface area contributed by atoms with E-state index >= 15 is 0 Å². The smallest absolute Gasteiger partial charge is 0.376 e. The Kier molecular flexibility index (Phi) is 2.76. The van der Waals surface area contributed by atoms with Crippen LogP contribution in [0.3, 0.4) is 0 Å². The molecule has 0 saturated carbocycles. The highest BCUT2D eigenvalue weighted by Gasteiger charge is 2.18. The molecule has 0 unspecified atom stereocenters. The van der Waals surface area contributed by atoms with Crippen molar-refractivity contribution in [2.75, 3.05) is 6.61 Å². The van der Waals surface area contributed by atoms with Gasteiger partial charge in [-0.25, -0.2) is 14.8 Å². The second kappa shape index (κ2) is 4.22. The van der Waals surface area contributed by atoms with Gasteiger partial charge in [-0.1, -0.05) is 6.08 Å². The van der Waals surface area contributed by atoms with Gasteiger partial charge in [0.05, 0.1) is 17.9 Å². The van der Waals surface area contributed by atoms with Gasteiger partial charge in [-0.3, -0.25) is 4.79 Å². The maximum Gasteiger partial charge on any atom is 0.376 e. The number of ketones is 1. The van der Waals surface area contributed by atoms with E-state index in [2.05, 4.69) is 9.97 Å². The van der Waals surface area contributed by atoms with E-state index in [1.165, 1.54) is 6.20 Å². The average molecular weight is 218 g/mol. The topological polar surface area (TPSA) is 69.2 Å². The summed E-state index contributed by atoms with van der Waals surface area (Å²) in [4.78, 5) is 30.6. The summed E-state index contributed by atoms with van der Waals surface area (Å²) >= 11 is 0. The molecular formula is C11H10N2O3. The second-order valence-electron chi connectivity index (χ2n) is 3.24. The van der Waals surface area contributed by atoms with Gasteiger partial charge in [-0.15, -0.1) is 0 Å². The van der Waals surface area contributed by atoms with Crippen LogP contribution in [-0.4, -0.2) is 28.3 Å². The lowest BCUT2D eigenvalue weighted by Gasteiger charge is -2.08. The Hall–Kier alpha value is -2.04. The van der Waals surface area contributed by atoms with Crippen molar-refractivity contribution in [2.45, 2.75) is 13.3 Å². The highest BCUT2D eigenvalue weighted by atomic mass is 16.5. The van der Waals surface area contributed by atoms with E-state index < -0.39 is 5.97 Å². The molecule has 0 saturated heterocycles. The summed E-state index contributed by atoms with van der Waals surface area (Å²) in [5, 5.41) is 0. The maximum absolute atomic E-state index is 11.4. The summed E-state index contributed by atoms with van der Waals surface area (Å²) in [7, 11) is 0. The molecule has 5 nitrogen and oxygen atoms in total. The highest BCUT2D eigenvalue weighted by molar-refractivity contribution is 6.02. The predicted octanol–water partition coefficient (Wildman–Crippen LogP) is 1.25. The lowest BCUT2D eigenvalue weighted by atomic mass is 10.0. The molecule has 0 aliphatic heterocycles. The fourth-order valence-corrected chi connectivity index (χ4v) is 1.42. The fraction of sp³-hybridized carbons (Fsp3) is 0.273. The van der Waals surface area contributed by atoms with Crippen LogP contribution in [0.5, 0.6) is 0 Å². The lowest BCUT2D eigenvalue weighted by Crippen LogP contribution is -2.14. The number of esters is 1. The fourth-order valence-electron chi connectivity index (χ4n) is 1.42. The van der Waals surface area contributed by atoms with Crippen molar-refractivity contribution in [2.24, 2.45) is 0 Å². The normalized spacial score (nSPS) is 13.4. The van der Waals surface area contributed by atoms with Gasteiger partial charge in [0, 0.05) is 12.6 Å². The standard InChI is InChI=1S/C11H10N2O3/c1-2-16-11(15)10-12-6-7-8(13-10)4-3-5-9(7)14/h3-4,6H,2,5H2,1H3. The molecule has 1 aromatic rings. The van der Waals surface area contributed by atoms with Crippen LogP contribution in [-0.2, 0) is 4.74 Å². The van der Waals surface area contributed by atoms with Gasteiger partial charge in [0.1, 0.15) is 0 Å². The molecule has 0 atom stereocenters. The van der Waals surface area contributed by atoms with E-state index in [-0.39, 0.29) is 18.2 Å². The largest absolute Gasteiger partial charge is 0.460 e. The van der Waals surface area contributed by atoms with E-state index in [1.807, 2.05) is 0 Å². The molecule has 16 heavy (non-hydrogen) atoms. The van der Waals surface area contributed by atoms with Gasteiger partial charge < -0.3 is 4.74 Å². The Labute approximate surface area is 92.2 Å². The van der Waals surface area contributed by atoms with Crippen LogP contribution in [0, 0.1) is 0 Å². The number of Topliss-reactive ketones (excluding diaryl/α,β-unsaturated/α-hetero) is 1. The van der Waals surface area contributed by atoms with Gasteiger partial charge in [0.25, 0.3) is 0 Å².